The lowest BCUT2D eigenvalue weighted by Gasteiger charge is -2.19. The van der Waals surface area contributed by atoms with Crippen molar-refractivity contribution in [3.63, 3.8) is 0 Å². The summed E-state index contributed by atoms with van der Waals surface area (Å²) in [5, 5.41) is 15.5. The van der Waals surface area contributed by atoms with Gasteiger partial charge in [0.25, 0.3) is 0 Å². The van der Waals surface area contributed by atoms with Gasteiger partial charge in [0.15, 0.2) is 5.78 Å². The Labute approximate surface area is 131 Å². The number of carbonyl (C=O) groups excluding carboxylic acids is 1. The maximum atomic E-state index is 12.3. The first-order chi connectivity index (χ1) is 10.4. The molecule has 0 amide bonds. The standard InChI is InChI=1S/C17H24N2O3/c1-4-10(2)16(17(21)22)18-9-15(20)12-5-6-14-13(8-12)7-11(3)19-14/h5-6,8,10-11,16,18-19H,4,7,9H2,1-3H3,(H,21,22). The van der Waals surface area contributed by atoms with Gasteiger partial charge in [-0.1, -0.05) is 20.3 Å². The molecule has 3 N–H and O–H groups in total. The van der Waals surface area contributed by atoms with E-state index in [0.717, 1.165) is 24.1 Å². The molecule has 0 spiro atoms. The average Bonchev–Trinajstić information content (AvgIpc) is 2.85. The van der Waals surface area contributed by atoms with Gasteiger partial charge in [0.1, 0.15) is 6.04 Å². The van der Waals surface area contributed by atoms with Crippen molar-refractivity contribution < 1.29 is 14.7 Å². The minimum absolute atomic E-state index is 0.0182. The van der Waals surface area contributed by atoms with Crippen molar-refractivity contribution in [3.8, 4) is 0 Å². The molecule has 22 heavy (non-hydrogen) atoms. The quantitative estimate of drug-likeness (QED) is 0.674. The highest BCUT2D eigenvalue weighted by molar-refractivity contribution is 5.98. The molecule has 0 saturated carbocycles. The third kappa shape index (κ3) is 3.65. The molecule has 0 radical (unpaired) electrons. The molecule has 5 heteroatoms. The van der Waals surface area contributed by atoms with E-state index in [0.29, 0.717) is 11.6 Å². The lowest BCUT2D eigenvalue weighted by atomic mass is 9.98. The molecule has 0 fully saturated rings. The third-order valence-electron chi connectivity index (χ3n) is 4.32. The Balaban J connectivity index is 2.01. The second-order valence-electron chi connectivity index (χ2n) is 6.13. The molecule has 3 unspecified atom stereocenters. The summed E-state index contributed by atoms with van der Waals surface area (Å²) in [6, 6.07) is 5.34. The van der Waals surface area contributed by atoms with Crippen LogP contribution >= 0.6 is 0 Å². The Bertz CT molecular complexity index is 571. The first-order valence-corrected chi connectivity index (χ1v) is 7.81. The van der Waals surface area contributed by atoms with Crippen LogP contribution in [-0.2, 0) is 11.2 Å². The zero-order chi connectivity index (χ0) is 16.3. The van der Waals surface area contributed by atoms with Crippen LogP contribution in [0.2, 0.25) is 0 Å². The smallest absolute Gasteiger partial charge is 0.320 e. The van der Waals surface area contributed by atoms with E-state index < -0.39 is 12.0 Å². The molecule has 2 rings (SSSR count). The Morgan fingerprint density at radius 3 is 2.82 bits per heavy atom. The molecule has 0 bridgehead atoms. The van der Waals surface area contributed by atoms with Gasteiger partial charge >= 0.3 is 5.97 Å². The molecule has 0 saturated heterocycles. The predicted octanol–water partition coefficient (Wildman–Crippen LogP) is 2.31. The Morgan fingerprint density at radius 2 is 2.18 bits per heavy atom. The number of ketones is 1. The third-order valence-corrected chi connectivity index (χ3v) is 4.32. The summed E-state index contributed by atoms with van der Waals surface area (Å²) in [6.07, 6.45) is 1.66. The van der Waals surface area contributed by atoms with Crippen molar-refractivity contribution in [2.75, 3.05) is 11.9 Å². The van der Waals surface area contributed by atoms with E-state index in [9.17, 15) is 14.7 Å². The van der Waals surface area contributed by atoms with E-state index in [1.54, 1.807) is 6.07 Å². The van der Waals surface area contributed by atoms with Gasteiger partial charge in [-0.3, -0.25) is 14.9 Å². The molecule has 0 aromatic heterocycles. The van der Waals surface area contributed by atoms with Crippen LogP contribution in [0.1, 0.15) is 43.1 Å². The molecule has 1 aromatic rings. The summed E-state index contributed by atoms with van der Waals surface area (Å²) in [4.78, 5) is 23.5. The van der Waals surface area contributed by atoms with Gasteiger partial charge in [-0.15, -0.1) is 0 Å². The van der Waals surface area contributed by atoms with Crippen LogP contribution in [0.25, 0.3) is 0 Å². The molecule has 5 nitrogen and oxygen atoms in total. The van der Waals surface area contributed by atoms with Crippen LogP contribution in [0, 0.1) is 5.92 Å². The van der Waals surface area contributed by atoms with Crippen LogP contribution in [0.3, 0.4) is 0 Å². The molecule has 3 atom stereocenters. The van der Waals surface area contributed by atoms with Gasteiger partial charge in [-0.05, 0) is 43.0 Å². The molecule has 1 aliphatic heterocycles. The van der Waals surface area contributed by atoms with Gasteiger partial charge in [-0.25, -0.2) is 0 Å². The molecular weight excluding hydrogens is 280 g/mol. The largest absolute Gasteiger partial charge is 0.480 e. The van der Waals surface area contributed by atoms with Crippen LogP contribution in [0.15, 0.2) is 18.2 Å². The number of anilines is 1. The molecular formula is C17H24N2O3. The zero-order valence-electron chi connectivity index (χ0n) is 13.3. The number of carbonyl (C=O) groups is 2. The van der Waals surface area contributed by atoms with Crippen LogP contribution in [0.5, 0.6) is 0 Å². The lowest BCUT2D eigenvalue weighted by molar-refractivity contribution is -0.140. The maximum absolute atomic E-state index is 12.3. The van der Waals surface area contributed by atoms with Crippen molar-refractivity contribution in [2.45, 2.75) is 45.7 Å². The monoisotopic (exact) mass is 304 g/mol. The zero-order valence-corrected chi connectivity index (χ0v) is 13.3. The second-order valence-corrected chi connectivity index (χ2v) is 6.13. The number of benzene rings is 1. The first-order valence-electron chi connectivity index (χ1n) is 7.81. The van der Waals surface area contributed by atoms with Gasteiger partial charge in [0.2, 0.25) is 0 Å². The number of fused-ring (bicyclic) bond motifs is 1. The van der Waals surface area contributed by atoms with E-state index in [1.165, 1.54) is 0 Å². The highest BCUT2D eigenvalue weighted by atomic mass is 16.4. The molecule has 0 aliphatic carbocycles. The van der Waals surface area contributed by atoms with Gasteiger partial charge < -0.3 is 10.4 Å². The summed E-state index contributed by atoms with van der Waals surface area (Å²) in [5.74, 6) is -0.999. The molecule has 1 heterocycles. The van der Waals surface area contributed by atoms with Gasteiger partial charge in [0, 0.05) is 17.3 Å². The Kier molecular flexibility index (Phi) is 5.19. The van der Waals surface area contributed by atoms with E-state index in [2.05, 4.69) is 17.6 Å². The number of rotatable bonds is 7. The van der Waals surface area contributed by atoms with E-state index in [1.807, 2.05) is 26.0 Å². The maximum Gasteiger partial charge on any atom is 0.320 e. The second kappa shape index (κ2) is 6.92. The number of nitrogens with one attached hydrogen (secondary N) is 2. The molecule has 120 valence electrons. The summed E-state index contributed by atoms with van der Waals surface area (Å²) in [6.45, 7) is 5.97. The topological polar surface area (TPSA) is 78.4 Å². The normalized spacial score (nSPS) is 19.1. The van der Waals surface area contributed by atoms with E-state index in [4.69, 9.17) is 0 Å². The number of hydrogen-bond acceptors (Lipinski definition) is 4. The van der Waals surface area contributed by atoms with Crippen molar-refractivity contribution >= 4 is 17.4 Å². The summed E-state index contributed by atoms with van der Waals surface area (Å²) >= 11 is 0. The highest BCUT2D eigenvalue weighted by Gasteiger charge is 2.24. The minimum Gasteiger partial charge on any atom is -0.480 e. The van der Waals surface area contributed by atoms with Gasteiger partial charge in [-0.2, -0.15) is 0 Å². The SMILES string of the molecule is CCC(C)C(NCC(=O)c1ccc2c(c1)CC(C)N2)C(=O)O. The lowest BCUT2D eigenvalue weighted by Crippen LogP contribution is -2.44. The number of carboxylic acid groups (broad SMARTS) is 1. The molecule has 1 aromatic carbocycles. The van der Waals surface area contributed by atoms with Crippen LogP contribution < -0.4 is 10.6 Å². The summed E-state index contributed by atoms with van der Waals surface area (Å²) < 4.78 is 0. The van der Waals surface area contributed by atoms with Crippen molar-refractivity contribution in [1.82, 2.24) is 5.32 Å². The predicted molar refractivity (Wildman–Crippen MR) is 86.4 cm³/mol. The van der Waals surface area contributed by atoms with Crippen molar-refractivity contribution in [1.29, 1.82) is 0 Å². The fourth-order valence-corrected chi connectivity index (χ4v) is 2.80. The molecule has 1 aliphatic rings. The fourth-order valence-electron chi connectivity index (χ4n) is 2.80. The van der Waals surface area contributed by atoms with Gasteiger partial charge in [0.05, 0.1) is 6.54 Å². The number of Topliss-reactive ketones (excluding diaryl/α,β-unsaturated/α-hetero) is 1. The Hall–Kier alpha value is -1.88. The highest BCUT2D eigenvalue weighted by Crippen LogP contribution is 2.26. The van der Waals surface area contributed by atoms with Crippen molar-refractivity contribution in [2.24, 2.45) is 5.92 Å². The van der Waals surface area contributed by atoms with Crippen molar-refractivity contribution in [3.05, 3.63) is 29.3 Å². The first kappa shape index (κ1) is 16.5. The Morgan fingerprint density at radius 1 is 1.45 bits per heavy atom. The van der Waals surface area contributed by atoms with E-state index >= 15 is 0 Å². The summed E-state index contributed by atoms with van der Waals surface area (Å²) in [7, 11) is 0. The number of hydrogen-bond donors (Lipinski definition) is 3. The average molecular weight is 304 g/mol. The van der Waals surface area contributed by atoms with Crippen LogP contribution in [0.4, 0.5) is 5.69 Å². The fraction of sp³-hybridized carbons (Fsp3) is 0.529. The number of carboxylic acids is 1. The summed E-state index contributed by atoms with van der Waals surface area (Å²) in [5.41, 5.74) is 2.87. The number of aliphatic carboxylic acids is 1. The van der Waals surface area contributed by atoms with E-state index in [-0.39, 0.29) is 18.2 Å². The minimum atomic E-state index is -0.908. The van der Waals surface area contributed by atoms with Crippen LogP contribution in [-0.4, -0.2) is 35.5 Å².